The van der Waals surface area contributed by atoms with Crippen LogP contribution in [-0.4, -0.2) is 37.5 Å². The summed E-state index contributed by atoms with van der Waals surface area (Å²) in [5.41, 5.74) is 0.282. The number of carboxylic acids is 1. The Hall–Kier alpha value is -1.92. The third-order valence-corrected chi connectivity index (χ3v) is 2.00. The monoisotopic (exact) mass is 254 g/mol. The normalized spacial score (nSPS) is 11.3. The van der Waals surface area contributed by atoms with Gasteiger partial charge >= 0.3 is 5.97 Å². The summed E-state index contributed by atoms with van der Waals surface area (Å²) in [6, 6.07) is 0. The molecule has 0 radical (unpaired) electrons. The second-order valence-corrected chi connectivity index (χ2v) is 5.10. The molecule has 2 N–H and O–H groups in total. The Morgan fingerprint density at radius 1 is 1.44 bits per heavy atom. The van der Waals surface area contributed by atoms with Gasteiger partial charge in [-0.2, -0.15) is 0 Å². The van der Waals surface area contributed by atoms with E-state index in [1.807, 2.05) is 20.8 Å². The number of carboxylic acid groups (broad SMARTS) is 1. The highest BCUT2D eigenvalue weighted by atomic mass is 16.4. The highest BCUT2D eigenvalue weighted by Crippen LogP contribution is 2.00. The first kappa shape index (κ1) is 14.1. The Labute approximate surface area is 105 Å². The maximum Gasteiger partial charge on any atom is 0.303 e. The molecule has 7 nitrogen and oxygen atoms in total. The van der Waals surface area contributed by atoms with E-state index in [2.05, 4.69) is 15.6 Å². The minimum atomic E-state index is -0.880. The van der Waals surface area contributed by atoms with Crippen LogP contribution in [0.15, 0.2) is 6.20 Å². The molecule has 1 aromatic heterocycles. The van der Waals surface area contributed by atoms with Crippen LogP contribution in [0.5, 0.6) is 0 Å². The molecule has 0 aliphatic rings. The summed E-state index contributed by atoms with van der Waals surface area (Å²) in [6.07, 6.45) is 1.91. The lowest BCUT2D eigenvalue weighted by molar-refractivity contribution is -0.137. The van der Waals surface area contributed by atoms with E-state index in [4.69, 9.17) is 5.11 Å². The Morgan fingerprint density at radius 2 is 2.11 bits per heavy atom. The van der Waals surface area contributed by atoms with Gasteiger partial charge in [-0.25, -0.2) is 4.68 Å². The van der Waals surface area contributed by atoms with Crippen molar-refractivity contribution in [3.63, 3.8) is 0 Å². The van der Waals surface area contributed by atoms with E-state index in [-0.39, 0.29) is 24.4 Å². The van der Waals surface area contributed by atoms with Crippen molar-refractivity contribution in [3.05, 3.63) is 11.9 Å². The summed E-state index contributed by atoms with van der Waals surface area (Å²) in [6.45, 7) is 5.76. The number of carbonyl (C=O) groups excluding carboxylic acids is 1. The lowest BCUT2D eigenvalue weighted by Gasteiger charge is -2.20. The predicted molar refractivity (Wildman–Crippen MR) is 63.9 cm³/mol. The first-order chi connectivity index (χ1) is 8.26. The lowest BCUT2D eigenvalue weighted by Crippen LogP contribution is -2.42. The zero-order chi connectivity index (χ0) is 13.8. The fraction of sp³-hybridized carbons (Fsp3) is 0.636. The number of aryl methyl sites for hydroxylation is 1. The smallest absolute Gasteiger partial charge is 0.303 e. The van der Waals surface area contributed by atoms with Crippen molar-refractivity contribution in [1.82, 2.24) is 20.3 Å². The first-order valence-electron chi connectivity index (χ1n) is 5.68. The van der Waals surface area contributed by atoms with Gasteiger partial charge in [-0.3, -0.25) is 9.59 Å². The van der Waals surface area contributed by atoms with Crippen LogP contribution in [0.2, 0.25) is 0 Å². The number of nitrogens with zero attached hydrogens (tertiary/aromatic N) is 3. The quantitative estimate of drug-likeness (QED) is 0.782. The number of nitrogens with one attached hydrogen (secondary N) is 1. The van der Waals surface area contributed by atoms with Gasteiger partial charge < -0.3 is 10.4 Å². The van der Waals surface area contributed by atoms with Crippen molar-refractivity contribution >= 4 is 11.9 Å². The van der Waals surface area contributed by atoms with Crippen LogP contribution in [0, 0.1) is 0 Å². The first-order valence-corrected chi connectivity index (χ1v) is 5.68. The number of rotatable bonds is 5. The molecule has 0 unspecified atom stereocenters. The Kier molecular flexibility index (Phi) is 4.41. The van der Waals surface area contributed by atoms with Crippen LogP contribution in [0.25, 0.3) is 0 Å². The molecule has 0 saturated heterocycles. The van der Waals surface area contributed by atoms with Crippen molar-refractivity contribution in [2.24, 2.45) is 0 Å². The Morgan fingerprint density at radius 3 is 2.67 bits per heavy atom. The predicted octanol–water partition coefficient (Wildman–Crippen LogP) is 0.210. The summed E-state index contributed by atoms with van der Waals surface area (Å²) >= 11 is 0. The molecule has 0 atom stereocenters. The third kappa shape index (κ3) is 5.42. The minimum Gasteiger partial charge on any atom is -0.481 e. The summed E-state index contributed by atoms with van der Waals surface area (Å²) in [7, 11) is 0. The van der Waals surface area contributed by atoms with Crippen LogP contribution in [-0.2, 0) is 22.6 Å². The number of aromatic nitrogens is 3. The van der Waals surface area contributed by atoms with Crippen LogP contribution in [0.1, 0.15) is 32.9 Å². The van der Waals surface area contributed by atoms with Crippen LogP contribution in [0.4, 0.5) is 0 Å². The van der Waals surface area contributed by atoms with E-state index >= 15 is 0 Å². The van der Waals surface area contributed by atoms with Gasteiger partial charge in [0.05, 0.1) is 12.1 Å². The number of amides is 1. The summed E-state index contributed by atoms with van der Waals surface area (Å²) in [5, 5.41) is 18.9. The van der Waals surface area contributed by atoms with Crippen LogP contribution >= 0.6 is 0 Å². The molecule has 0 aliphatic carbocycles. The van der Waals surface area contributed by atoms with Gasteiger partial charge in [0.2, 0.25) is 5.91 Å². The van der Waals surface area contributed by atoms with Crippen molar-refractivity contribution in [2.45, 2.75) is 45.7 Å². The van der Waals surface area contributed by atoms with Gasteiger partial charge in [-0.1, -0.05) is 5.21 Å². The number of hydrogen-bond acceptors (Lipinski definition) is 4. The van der Waals surface area contributed by atoms with Crippen molar-refractivity contribution < 1.29 is 14.7 Å². The molecule has 1 rings (SSSR count). The zero-order valence-electron chi connectivity index (χ0n) is 10.8. The molecule has 0 fully saturated rings. The molecule has 0 aromatic carbocycles. The largest absolute Gasteiger partial charge is 0.481 e. The fourth-order valence-electron chi connectivity index (χ4n) is 1.37. The van der Waals surface area contributed by atoms with E-state index in [0.29, 0.717) is 12.1 Å². The standard InChI is InChI=1S/C11H18N4O3/c1-11(2,3)12-9(16)7-15-6-8(13-14-15)4-5-10(17)18/h6H,4-5,7H2,1-3H3,(H,12,16)(H,17,18). The van der Waals surface area contributed by atoms with Crippen molar-refractivity contribution in [2.75, 3.05) is 0 Å². The molecule has 18 heavy (non-hydrogen) atoms. The molecule has 1 amide bonds. The number of aliphatic carboxylic acids is 1. The van der Waals surface area contributed by atoms with Gasteiger partial charge in [0, 0.05) is 18.2 Å². The second kappa shape index (κ2) is 5.61. The summed E-state index contributed by atoms with van der Waals surface area (Å²) < 4.78 is 1.40. The third-order valence-electron chi connectivity index (χ3n) is 2.00. The fourth-order valence-corrected chi connectivity index (χ4v) is 1.37. The molecular weight excluding hydrogens is 236 g/mol. The van der Waals surface area contributed by atoms with Gasteiger partial charge in [-0.15, -0.1) is 5.10 Å². The topological polar surface area (TPSA) is 97.1 Å². The van der Waals surface area contributed by atoms with Gasteiger partial charge in [0.25, 0.3) is 0 Å². The van der Waals surface area contributed by atoms with Crippen LogP contribution in [0.3, 0.4) is 0 Å². The maximum atomic E-state index is 11.6. The van der Waals surface area contributed by atoms with E-state index in [0.717, 1.165) is 0 Å². The molecule has 0 bridgehead atoms. The zero-order valence-corrected chi connectivity index (χ0v) is 10.8. The Balaban J connectivity index is 2.48. The van der Waals surface area contributed by atoms with E-state index in [9.17, 15) is 9.59 Å². The van der Waals surface area contributed by atoms with Gasteiger partial charge in [-0.05, 0) is 20.8 Å². The van der Waals surface area contributed by atoms with E-state index < -0.39 is 5.97 Å². The van der Waals surface area contributed by atoms with E-state index in [1.54, 1.807) is 6.20 Å². The van der Waals surface area contributed by atoms with E-state index in [1.165, 1.54) is 4.68 Å². The highest BCUT2D eigenvalue weighted by molar-refractivity contribution is 5.76. The molecule has 7 heteroatoms. The van der Waals surface area contributed by atoms with Gasteiger partial charge in [0.15, 0.2) is 0 Å². The van der Waals surface area contributed by atoms with Gasteiger partial charge in [0.1, 0.15) is 6.54 Å². The average Bonchev–Trinajstić information content (AvgIpc) is 2.59. The maximum absolute atomic E-state index is 11.6. The van der Waals surface area contributed by atoms with Crippen LogP contribution < -0.4 is 5.32 Å². The molecule has 0 aliphatic heterocycles. The highest BCUT2D eigenvalue weighted by Gasteiger charge is 2.14. The Bertz CT molecular complexity index is 434. The molecule has 100 valence electrons. The molecule has 0 saturated carbocycles. The second-order valence-electron chi connectivity index (χ2n) is 5.10. The number of hydrogen-bond donors (Lipinski definition) is 2. The summed E-state index contributed by atoms with van der Waals surface area (Å²) in [5.74, 6) is -1.03. The average molecular weight is 254 g/mol. The van der Waals surface area contributed by atoms with Crippen molar-refractivity contribution in [3.8, 4) is 0 Å². The SMILES string of the molecule is CC(C)(C)NC(=O)Cn1cc(CCC(=O)O)nn1. The lowest BCUT2D eigenvalue weighted by atomic mass is 10.1. The van der Waals surface area contributed by atoms with Crippen molar-refractivity contribution in [1.29, 1.82) is 0 Å². The molecular formula is C11H18N4O3. The number of carbonyl (C=O) groups is 2. The molecule has 1 aromatic rings. The summed E-state index contributed by atoms with van der Waals surface area (Å²) in [4.78, 5) is 22.0. The minimum absolute atomic E-state index is 0.00683. The molecule has 1 heterocycles. The molecule has 0 spiro atoms.